The summed E-state index contributed by atoms with van der Waals surface area (Å²) < 4.78 is 6.91. The van der Waals surface area contributed by atoms with Gasteiger partial charge in [-0.2, -0.15) is 0 Å². The highest BCUT2D eigenvalue weighted by molar-refractivity contribution is 9.10. The molecule has 126 valence electrons. The molecule has 0 radical (unpaired) electrons. The van der Waals surface area contributed by atoms with E-state index in [9.17, 15) is 4.79 Å². The Morgan fingerprint density at radius 3 is 2.62 bits per heavy atom. The molecule has 1 fully saturated rings. The lowest BCUT2D eigenvalue weighted by molar-refractivity contribution is -0.138. The maximum Gasteiger partial charge on any atom is 0.235 e. The molecular formula is C19H20BrNO2S. The van der Waals surface area contributed by atoms with E-state index in [1.807, 2.05) is 66.4 Å². The van der Waals surface area contributed by atoms with Gasteiger partial charge in [0.15, 0.2) is 0 Å². The number of carbonyl (C=O) groups excluding carboxylic acids is 1. The number of benzene rings is 2. The van der Waals surface area contributed by atoms with Gasteiger partial charge in [-0.3, -0.25) is 4.79 Å². The van der Waals surface area contributed by atoms with Crippen molar-refractivity contribution in [3.05, 3.63) is 64.6 Å². The number of nitrogens with zero attached hydrogens (tertiary/aromatic N) is 1. The zero-order valence-electron chi connectivity index (χ0n) is 13.5. The van der Waals surface area contributed by atoms with Crippen molar-refractivity contribution in [3.63, 3.8) is 0 Å². The van der Waals surface area contributed by atoms with Gasteiger partial charge >= 0.3 is 0 Å². The van der Waals surface area contributed by atoms with E-state index in [0.29, 0.717) is 19.7 Å². The second-order valence-corrected chi connectivity index (χ2v) is 8.10. The molecule has 1 aliphatic heterocycles. The second kappa shape index (κ2) is 8.19. The maximum absolute atomic E-state index is 12.8. The normalized spacial score (nSPS) is 19.1. The minimum atomic E-state index is -0.101. The van der Waals surface area contributed by atoms with Crippen LogP contribution in [0.5, 0.6) is 0 Å². The van der Waals surface area contributed by atoms with Crippen LogP contribution in [0.4, 0.5) is 0 Å². The quantitative estimate of drug-likeness (QED) is 0.699. The number of hydrogen-bond acceptors (Lipinski definition) is 3. The van der Waals surface area contributed by atoms with Crippen molar-refractivity contribution >= 4 is 33.6 Å². The molecule has 0 N–H and O–H groups in total. The number of thioether (sulfide) groups is 1. The van der Waals surface area contributed by atoms with Gasteiger partial charge in [0.25, 0.3) is 0 Å². The molecular weight excluding hydrogens is 386 g/mol. The molecule has 1 aliphatic rings. The molecule has 0 aromatic heterocycles. The van der Waals surface area contributed by atoms with Crippen LogP contribution in [0.1, 0.15) is 18.6 Å². The first kappa shape index (κ1) is 17.5. The molecule has 0 bridgehead atoms. The predicted octanol–water partition coefficient (Wildman–Crippen LogP) is 4.53. The van der Waals surface area contributed by atoms with E-state index in [2.05, 4.69) is 15.9 Å². The van der Waals surface area contributed by atoms with Gasteiger partial charge in [0.05, 0.1) is 18.4 Å². The first-order valence-corrected chi connectivity index (χ1v) is 9.68. The summed E-state index contributed by atoms with van der Waals surface area (Å²) in [7, 11) is 0. The highest BCUT2D eigenvalue weighted by Crippen LogP contribution is 2.28. The van der Waals surface area contributed by atoms with E-state index in [4.69, 9.17) is 4.74 Å². The van der Waals surface area contributed by atoms with Gasteiger partial charge in [-0.1, -0.05) is 46.3 Å². The van der Waals surface area contributed by atoms with E-state index in [-0.39, 0.29) is 17.3 Å². The van der Waals surface area contributed by atoms with Crippen LogP contribution < -0.4 is 0 Å². The lowest BCUT2D eigenvalue weighted by Crippen LogP contribution is -2.45. The molecule has 1 amide bonds. The predicted molar refractivity (Wildman–Crippen MR) is 101 cm³/mol. The largest absolute Gasteiger partial charge is 0.370 e. The van der Waals surface area contributed by atoms with Gasteiger partial charge in [-0.15, -0.1) is 11.8 Å². The lowest BCUT2D eigenvalue weighted by atomic mass is 10.1. The second-order valence-electron chi connectivity index (χ2n) is 5.77. The Bertz CT molecular complexity index is 678. The fourth-order valence-electron chi connectivity index (χ4n) is 2.74. The highest BCUT2D eigenvalue weighted by Gasteiger charge is 2.28. The van der Waals surface area contributed by atoms with Crippen molar-refractivity contribution in [3.8, 4) is 0 Å². The van der Waals surface area contributed by atoms with Crippen molar-refractivity contribution < 1.29 is 9.53 Å². The third-order valence-electron chi connectivity index (χ3n) is 4.02. The fourth-order valence-corrected chi connectivity index (χ4v) is 3.98. The summed E-state index contributed by atoms with van der Waals surface area (Å²) in [6.07, 6.45) is -0.0512. The van der Waals surface area contributed by atoms with Crippen molar-refractivity contribution in [2.45, 2.75) is 23.2 Å². The summed E-state index contributed by atoms with van der Waals surface area (Å²) in [5.41, 5.74) is 1.11. The summed E-state index contributed by atoms with van der Waals surface area (Å²) in [6.45, 7) is 3.82. The Hall–Kier alpha value is -1.30. The molecule has 24 heavy (non-hydrogen) atoms. The average molecular weight is 406 g/mol. The molecule has 2 aromatic rings. The monoisotopic (exact) mass is 405 g/mol. The number of carbonyl (C=O) groups is 1. The fraction of sp³-hybridized carbons (Fsp3) is 0.316. The van der Waals surface area contributed by atoms with E-state index in [0.717, 1.165) is 14.9 Å². The molecule has 2 atom stereocenters. The van der Waals surface area contributed by atoms with Crippen molar-refractivity contribution in [1.82, 2.24) is 4.90 Å². The Morgan fingerprint density at radius 2 is 1.92 bits per heavy atom. The van der Waals surface area contributed by atoms with Crippen LogP contribution in [0.2, 0.25) is 0 Å². The maximum atomic E-state index is 12.8. The van der Waals surface area contributed by atoms with Crippen LogP contribution in [-0.4, -0.2) is 35.8 Å². The molecule has 3 nitrogen and oxygen atoms in total. The molecule has 3 rings (SSSR count). The molecule has 2 unspecified atom stereocenters. The minimum absolute atomic E-state index is 0.0512. The number of ether oxygens (including phenoxy) is 1. The molecule has 0 aliphatic carbocycles. The zero-order chi connectivity index (χ0) is 16.9. The van der Waals surface area contributed by atoms with Gasteiger partial charge in [0.1, 0.15) is 6.10 Å². The summed E-state index contributed by atoms with van der Waals surface area (Å²) in [5, 5.41) is -0.101. The van der Waals surface area contributed by atoms with E-state index >= 15 is 0 Å². The third-order valence-corrected chi connectivity index (χ3v) is 5.65. The Balaban J connectivity index is 1.63. The molecule has 0 saturated carbocycles. The lowest BCUT2D eigenvalue weighted by Gasteiger charge is -2.34. The molecule has 0 spiro atoms. The Morgan fingerprint density at radius 1 is 1.21 bits per heavy atom. The van der Waals surface area contributed by atoms with Crippen molar-refractivity contribution in [2.75, 3.05) is 19.7 Å². The third kappa shape index (κ3) is 4.41. The van der Waals surface area contributed by atoms with E-state index in [1.165, 1.54) is 0 Å². The number of rotatable bonds is 4. The minimum Gasteiger partial charge on any atom is -0.370 e. The van der Waals surface area contributed by atoms with Gasteiger partial charge in [0, 0.05) is 15.9 Å². The standard InChI is InChI=1S/C19H20BrNO2S/c1-14(24-17-5-3-2-4-6-17)19(22)21-11-12-23-18(13-21)15-7-9-16(20)10-8-15/h2-10,14,18H,11-13H2,1H3. The van der Waals surface area contributed by atoms with Crippen LogP contribution in [0.3, 0.4) is 0 Å². The topological polar surface area (TPSA) is 29.5 Å². The van der Waals surface area contributed by atoms with Crippen molar-refractivity contribution in [1.29, 1.82) is 0 Å². The van der Waals surface area contributed by atoms with Gasteiger partial charge < -0.3 is 9.64 Å². The average Bonchev–Trinajstić information content (AvgIpc) is 2.62. The molecule has 2 aromatic carbocycles. The van der Waals surface area contributed by atoms with Gasteiger partial charge in [-0.05, 0) is 36.8 Å². The summed E-state index contributed by atoms with van der Waals surface area (Å²) >= 11 is 5.05. The van der Waals surface area contributed by atoms with Crippen LogP contribution >= 0.6 is 27.7 Å². The van der Waals surface area contributed by atoms with Crippen molar-refractivity contribution in [2.24, 2.45) is 0 Å². The van der Waals surface area contributed by atoms with E-state index in [1.54, 1.807) is 11.8 Å². The number of halogens is 1. The van der Waals surface area contributed by atoms with Gasteiger partial charge in [0.2, 0.25) is 5.91 Å². The highest BCUT2D eigenvalue weighted by atomic mass is 79.9. The SMILES string of the molecule is CC(Sc1ccccc1)C(=O)N1CCOC(c2ccc(Br)cc2)C1. The molecule has 1 heterocycles. The number of hydrogen-bond donors (Lipinski definition) is 0. The zero-order valence-corrected chi connectivity index (χ0v) is 15.9. The van der Waals surface area contributed by atoms with Crippen LogP contribution in [0.25, 0.3) is 0 Å². The first-order valence-electron chi connectivity index (χ1n) is 8.01. The van der Waals surface area contributed by atoms with Crippen LogP contribution in [0.15, 0.2) is 64.0 Å². The Labute approximate surface area is 155 Å². The molecule has 1 saturated heterocycles. The molecule has 5 heteroatoms. The van der Waals surface area contributed by atoms with Crippen LogP contribution in [0, 0.1) is 0 Å². The smallest absolute Gasteiger partial charge is 0.235 e. The first-order chi connectivity index (χ1) is 11.6. The van der Waals surface area contributed by atoms with E-state index < -0.39 is 0 Å². The Kier molecular flexibility index (Phi) is 5.98. The van der Waals surface area contributed by atoms with Crippen LogP contribution in [-0.2, 0) is 9.53 Å². The summed E-state index contributed by atoms with van der Waals surface area (Å²) in [6, 6.07) is 18.2. The number of amides is 1. The van der Waals surface area contributed by atoms with Gasteiger partial charge in [-0.25, -0.2) is 0 Å². The summed E-state index contributed by atoms with van der Waals surface area (Å²) in [5.74, 6) is 0.175. The summed E-state index contributed by atoms with van der Waals surface area (Å²) in [4.78, 5) is 15.8. The number of morpholine rings is 1.